The lowest BCUT2D eigenvalue weighted by atomic mass is 9.86. The molecule has 2 aromatic carbocycles. The highest BCUT2D eigenvalue weighted by molar-refractivity contribution is 6.92. The number of para-hydroxylation sites is 2. The molecule has 0 aliphatic rings. The smallest absolute Gasteiger partial charge is 0.183 e. The number of ether oxygens (including phenoxy) is 1. The average Bonchev–Trinajstić information content (AvgIpc) is 2.46. The molecule has 0 heterocycles. The monoisotopic (exact) mass is 313 g/mol. The first-order chi connectivity index (χ1) is 10.3. The van der Waals surface area contributed by atoms with Crippen LogP contribution in [0.3, 0.4) is 0 Å². The standard InChI is InChI=1S/C19H27NOSi/c1-19(2,3)16-13-10-14-17(18(16)21-4)22(5,6)20-15-11-8-7-9-12-15/h7-14,20H,1-6H3. The Bertz CT molecular complexity index is 630. The minimum Gasteiger partial charge on any atom is -0.497 e. The fourth-order valence-corrected chi connectivity index (χ4v) is 5.13. The molecular formula is C19H27NOSi. The van der Waals surface area contributed by atoms with E-state index in [0.717, 1.165) is 5.75 Å². The first kappa shape index (κ1) is 16.6. The molecular weight excluding hydrogens is 286 g/mol. The summed E-state index contributed by atoms with van der Waals surface area (Å²) in [4.78, 5) is 3.75. The van der Waals surface area contributed by atoms with Gasteiger partial charge in [-0.05, 0) is 36.2 Å². The number of hydrogen-bond acceptors (Lipinski definition) is 2. The second kappa shape index (κ2) is 6.17. The molecule has 0 radical (unpaired) electrons. The lowest BCUT2D eigenvalue weighted by Crippen LogP contribution is -2.50. The quantitative estimate of drug-likeness (QED) is 0.838. The number of benzene rings is 2. The highest BCUT2D eigenvalue weighted by atomic mass is 28.3. The Balaban J connectivity index is 2.47. The molecule has 0 aliphatic carbocycles. The molecule has 0 saturated heterocycles. The maximum atomic E-state index is 5.82. The zero-order valence-electron chi connectivity index (χ0n) is 14.5. The molecule has 118 valence electrons. The summed E-state index contributed by atoms with van der Waals surface area (Å²) >= 11 is 0. The van der Waals surface area contributed by atoms with Gasteiger partial charge in [-0.1, -0.05) is 57.2 Å². The Kier molecular flexibility index (Phi) is 4.66. The highest BCUT2D eigenvalue weighted by Gasteiger charge is 2.31. The molecule has 0 aliphatic heterocycles. The van der Waals surface area contributed by atoms with E-state index in [1.54, 1.807) is 7.11 Å². The van der Waals surface area contributed by atoms with Crippen LogP contribution in [-0.4, -0.2) is 15.3 Å². The van der Waals surface area contributed by atoms with Crippen molar-refractivity contribution in [3.05, 3.63) is 54.1 Å². The maximum Gasteiger partial charge on any atom is 0.183 e. The van der Waals surface area contributed by atoms with E-state index in [4.69, 9.17) is 4.74 Å². The number of nitrogens with one attached hydrogen (secondary N) is 1. The van der Waals surface area contributed by atoms with Gasteiger partial charge in [-0.3, -0.25) is 0 Å². The summed E-state index contributed by atoms with van der Waals surface area (Å²) in [7, 11) is -0.0921. The maximum absolute atomic E-state index is 5.82. The van der Waals surface area contributed by atoms with Crippen LogP contribution in [0.4, 0.5) is 5.69 Å². The Labute approximate surface area is 135 Å². The average molecular weight is 314 g/mol. The topological polar surface area (TPSA) is 21.3 Å². The summed E-state index contributed by atoms with van der Waals surface area (Å²) in [5.41, 5.74) is 2.50. The van der Waals surface area contributed by atoms with Gasteiger partial charge in [-0.2, -0.15) is 0 Å². The highest BCUT2D eigenvalue weighted by Crippen LogP contribution is 2.31. The van der Waals surface area contributed by atoms with E-state index < -0.39 is 8.24 Å². The molecule has 0 atom stereocenters. The van der Waals surface area contributed by atoms with Gasteiger partial charge in [0, 0.05) is 10.9 Å². The van der Waals surface area contributed by atoms with Crippen LogP contribution in [0.5, 0.6) is 5.75 Å². The van der Waals surface area contributed by atoms with Crippen molar-refractivity contribution in [1.82, 2.24) is 0 Å². The molecule has 22 heavy (non-hydrogen) atoms. The minimum absolute atomic E-state index is 0.0680. The van der Waals surface area contributed by atoms with Crippen molar-refractivity contribution in [2.75, 3.05) is 12.1 Å². The van der Waals surface area contributed by atoms with Crippen molar-refractivity contribution in [1.29, 1.82) is 0 Å². The molecule has 2 nitrogen and oxygen atoms in total. The first-order valence-electron chi connectivity index (χ1n) is 7.77. The van der Waals surface area contributed by atoms with Crippen molar-refractivity contribution in [2.24, 2.45) is 0 Å². The molecule has 3 heteroatoms. The zero-order chi connectivity index (χ0) is 16.4. The summed E-state index contributed by atoms with van der Waals surface area (Å²) in [5, 5.41) is 1.31. The predicted molar refractivity (Wildman–Crippen MR) is 98.9 cm³/mol. The van der Waals surface area contributed by atoms with Crippen molar-refractivity contribution >= 4 is 19.1 Å². The first-order valence-corrected chi connectivity index (χ1v) is 10.8. The molecule has 0 unspecified atom stereocenters. The molecule has 0 spiro atoms. The molecule has 2 aromatic rings. The van der Waals surface area contributed by atoms with Gasteiger partial charge < -0.3 is 9.72 Å². The Morgan fingerprint density at radius 3 is 2.09 bits per heavy atom. The van der Waals surface area contributed by atoms with Gasteiger partial charge in [-0.25, -0.2) is 0 Å². The summed E-state index contributed by atoms with van der Waals surface area (Å²) < 4.78 is 5.82. The van der Waals surface area contributed by atoms with E-state index in [0.29, 0.717) is 0 Å². The third kappa shape index (κ3) is 3.53. The zero-order valence-corrected chi connectivity index (χ0v) is 15.5. The van der Waals surface area contributed by atoms with Crippen LogP contribution in [0.1, 0.15) is 26.3 Å². The Morgan fingerprint density at radius 1 is 0.909 bits per heavy atom. The van der Waals surface area contributed by atoms with Crippen LogP contribution in [0, 0.1) is 0 Å². The molecule has 0 fully saturated rings. The van der Waals surface area contributed by atoms with Crippen LogP contribution in [-0.2, 0) is 5.41 Å². The lowest BCUT2D eigenvalue weighted by Gasteiger charge is -2.31. The van der Waals surface area contributed by atoms with E-state index in [2.05, 4.69) is 81.3 Å². The van der Waals surface area contributed by atoms with Crippen LogP contribution in [0.15, 0.2) is 48.5 Å². The Hall–Kier alpha value is -1.74. The fraction of sp³-hybridized carbons (Fsp3) is 0.368. The summed E-state index contributed by atoms with van der Waals surface area (Å²) in [6.45, 7) is 11.3. The number of rotatable bonds is 4. The Morgan fingerprint density at radius 2 is 1.55 bits per heavy atom. The second-order valence-corrected chi connectivity index (χ2v) is 11.3. The molecule has 0 amide bonds. The van der Waals surface area contributed by atoms with Gasteiger partial charge >= 0.3 is 0 Å². The van der Waals surface area contributed by atoms with E-state index in [1.165, 1.54) is 16.4 Å². The third-order valence-corrected chi connectivity index (χ3v) is 6.59. The summed E-state index contributed by atoms with van der Waals surface area (Å²) in [6, 6.07) is 16.9. The molecule has 2 rings (SSSR count). The largest absolute Gasteiger partial charge is 0.497 e. The number of methoxy groups -OCH3 is 1. The van der Waals surface area contributed by atoms with Crippen molar-refractivity contribution in [2.45, 2.75) is 39.3 Å². The normalized spacial score (nSPS) is 12.1. The van der Waals surface area contributed by atoms with Crippen LogP contribution >= 0.6 is 0 Å². The van der Waals surface area contributed by atoms with Crippen LogP contribution in [0.25, 0.3) is 0 Å². The van der Waals surface area contributed by atoms with E-state index in [-0.39, 0.29) is 5.41 Å². The van der Waals surface area contributed by atoms with Gasteiger partial charge in [0.1, 0.15) is 5.75 Å². The third-order valence-electron chi connectivity index (χ3n) is 3.93. The van der Waals surface area contributed by atoms with Crippen molar-refractivity contribution in [3.63, 3.8) is 0 Å². The SMILES string of the molecule is COc1c(C(C)(C)C)cccc1[Si](C)(C)Nc1ccccc1. The number of anilines is 1. The van der Waals surface area contributed by atoms with Crippen LogP contribution < -0.4 is 14.9 Å². The van der Waals surface area contributed by atoms with Gasteiger partial charge in [0.05, 0.1) is 7.11 Å². The van der Waals surface area contributed by atoms with Gasteiger partial charge in [0.2, 0.25) is 0 Å². The van der Waals surface area contributed by atoms with Crippen molar-refractivity contribution in [3.8, 4) is 5.75 Å². The van der Waals surface area contributed by atoms with Crippen molar-refractivity contribution < 1.29 is 4.74 Å². The van der Waals surface area contributed by atoms with E-state index in [1.807, 2.05) is 6.07 Å². The van der Waals surface area contributed by atoms with Crippen LogP contribution in [0.2, 0.25) is 13.1 Å². The fourth-order valence-electron chi connectivity index (χ4n) is 2.79. The molecule has 1 N–H and O–H groups in total. The minimum atomic E-state index is -1.87. The number of hydrogen-bond donors (Lipinski definition) is 1. The molecule has 0 aromatic heterocycles. The second-order valence-electron chi connectivity index (χ2n) is 7.25. The molecule has 0 bridgehead atoms. The molecule has 0 saturated carbocycles. The van der Waals surface area contributed by atoms with E-state index in [9.17, 15) is 0 Å². The van der Waals surface area contributed by atoms with E-state index >= 15 is 0 Å². The summed E-state index contributed by atoms with van der Waals surface area (Å²) in [5.74, 6) is 1.04. The lowest BCUT2D eigenvalue weighted by molar-refractivity contribution is 0.400. The summed E-state index contributed by atoms with van der Waals surface area (Å²) in [6.07, 6.45) is 0. The van der Waals surface area contributed by atoms with Gasteiger partial charge in [0.25, 0.3) is 0 Å². The predicted octanol–water partition coefficient (Wildman–Crippen LogP) is 4.52. The van der Waals surface area contributed by atoms with Gasteiger partial charge in [-0.15, -0.1) is 0 Å². The van der Waals surface area contributed by atoms with Gasteiger partial charge in [0.15, 0.2) is 8.24 Å².